The molecule has 0 aromatic heterocycles. The molecule has 0 saturated heterocycles. The molecule has 1 aliphatic rings. The van der Waals surface area contributed by atoms with Gasteiger partial charge in [-0.2, -0.15) is 0 Å². The largest absolute Gasteiger partial charge is 0.497 e. The minimum Gasteiger partial charge on any atom is -0.497 e. The van der Waals surface area contributed by atoms with Gasteiger partial charge in [0.1, 0.15) is 48.1 Å². The van der Waals surface area contributed by atoms with Crippen LogP contribution in [0.3, 0.4) is 0 Å². The van der Waals surface area contributed by atoms with Crippen molar-refractivity contribution in [3.63, 3.8) is 0 Å². The molecule has 1 aliphatic carbocycles. The summed E-state index contributed by atoms with van der Waals surface area (Å²) in [6.07, 6.45) is -5.94. The summed E-state index contributed by atoms with van der Waals surface area (Å²) >= 11 is 0. The van der Waals surface area contributed by atoms with Gasteiger partial charge >= 0.3 is 0 Å². The molecule has 5 rings (SSSR count). The Hall–Kier alpha value is -3.76. The van der Waals surface area contributed by atoms with Gasteiger partial charge in [-0.15, -0.1) is 0 Å². The number of ether oxygens (including phenoxy) is 6. The first-order valence-electron chi connectivity index (χ1n) is 14.7. The van der Waals surface area contributed by atoms with E-state index < -0.39 is 36.6 Å². The molecule has 4 aromatic rings. The normalized spacial score (nSPS) is 23.3. The van der Waals surface area contributed by atoms with Crippen molar-refractivity contribution >= 4 is 0 Å². The van der Waals surface area contributed by atoms with Crippen molar-refractivity contribution in [1.29, 1.82) is 0 Å². The van der Waals surface area contributed by atoms with E-state index in [0.29, 0.717) is 0 Å². The lowest BCUT2D eigenvalue weighted by molar-refractivity contribution is -0.273. The Balaban J connectivity index is 1.42. The lowest BCUT2D eigenvalue weighted by Gasteiger charge is -2.47. The van der Waals surface area contributed by atoms with Gasteiger partial charge in [-0.25, -0.2) is 0 Å². The molecule has 0 spiro atoms. The van der Waals surface area contributed by atoms with Crippen molar-refractivity contribution in [2.75, 3.05) is 14.2 Å². The molecular weight excluding hydrogens is 560 g/mol. The van der Waals surface area contributed by atoms with Gasteiger partial charge in [0.25, 0.3) is 0 Å². The maximum absolute atomic E-state index is 11.5. The van der Waals surface area contributed by atoms with Crippen molar-refractivity contribution in [3.05, 3.63) is 131 Å². The van der Waals surface area contributed by atoms with E-state index in [0.717, 1.165) is 33.8 Å². The molecule has 44 heavy (non-hydrogen) atoms. The third-order valence-electron chi connectivity index (χ3n) is 7.77. The zero-order valence-electron chi connectivity index (χ0n) is 25.0. The van der Waals surface area contributed by atoms with Crippen LogP contribution in [0.15, 0.2) is 109 Å². The molecule has 1 saturated carbocycles. The summed E-state index contributed by atoms with van der Waals surface area (Å²) in [4.78, 5) is 0. The third kappa shape index (κ3) is 8.24. The van der Waals surface area contributed by atoms with Crippen LogP contribution in [-0.2, 0) is 45.4 Å². The lowest BCUT2D eigenvalue weighted by Crippen LogP contribution is -2.66. The Kier molecular flexibility index (Phi) is 11.4. The molecule has 1 fully saturated rings. The standard InChI is InChI=1S/C36H40O8/c1-39-29-17-13-27(14-18-29)23-42-34-32(38)31(37)33(41-21-25-9-5-3-6-10-25)36(35(34)43-22-26-11-7-4-8-12-26)44-24-28-15-19-30(40-2)20-16-28/h3-20,31-38H,21-24H2,1-2H3/t31-,32+,33+,34+,35-,36-/m1/s1. The topological polar surface area (TPSA) is 95.8 Å². The van der Waals surface area contributed by atoms with E-state index in [4.69, 9.17) is 28.4 Å². The van der Waals surface area contributed by atoms with Crippen LogP contribution in [0.25, 0.3) is 0 Å². The highest BCUT2D eigenvalue weighted by atomic mass is 16.6. The van der Waals surface area contributed by atoms with Crippen LogP contribution >= 0.6 is 0 Å². The summed E-state index contributed by atoms with van der Waals surface area (Å²) in [5.74, 6) is 1.47. The van der Waals surface area contributed by atoms with Gasteiger partial charge in [0.2, 0.25) is 0 Å². The highest BCUT2D eigenvalue weighted by molar-refractivity contribution is 5.27. The van der Waals surface area contributed by atoms with E-state index >= 15 is 0 Å². The fourth-order valence-electron chi connectivity index (χ4n) is 5.28. The number of aliphatic hydroxyl groups is 2. The predicted molar refractivity (Wildman–Crippen MR) is 165 cm³/mol. The fraction of sp³-hybridized carbons (Fsp3) is 0.333. The Labute approximate surface area is 258 Å². The molecule has 0 aliphatic heterocycles. The van der Waals surface area contributed by atoms with Gasteiger partial charge in [-0.05, 0) is 46.5 Å². The molecule has 0 radical (unpaired) electrons. The predicted octanol–water partition coefficient (Wildman–Crippen LogP) is 5.08. The summed E-state index contributed by atoms with van der Waals surface area (Å²) in [5.41, 5.74) is 3.68. The van der Waals surface area contributed by atoms with Crippen molar-refractivity contribution < 1.29 is 38.6 Å². The minimum absolute atomic E-state index is 0.185. The van der Waals surface area contributed by atoms with Crippen LogP contribution in [0.1, 0.15) is 22.3 Å². The second-order valence-corrected chi connectivity index (χ2v) is 10.8. The average Bonchev–Trinajstić information content (AvgIpc) is 3.08. The molecule has 0 amide bonds. The highest BCUT2D eigenvalue weighted by Crippen LogP contribution is 2.33. The average molecular weight is 601 g/mol. The van der Waals surface area contributed by atoms with E-state index in [1.165, 1.54) is 0 Å². The maximum atomic E-state index is 11.5. The Morgan fingerprint density at radius 1 is 0.409 bits per heavy atom. The second-order valence-electron chi connectivity index (χ2n) is 10.8. The van der Waals surface area contributed by atoms with Gasteiger partial charge < -0.3 is 38.6 Å². The summed E-state index contributed by atoms with van der Waals surface area (Å²) < 4.78 is 36.2. The van der Waals surface area contributed by atoms with Crippen molar-refractivity contribution in [1.82, 2.24) is 0 Å². The number of rotatable bonds is 14. The minimum atomic E-state index is -1.30. The quantitative estimate of drug-likeness (QED) is 0.207. The van der Waals surface area contributed by atoms with Gasteiger partial charge in [-0.3, -0.25) is 0 Å². The molecule has 8 nitrogen and oxygen atoms in total. The maximum Gasteiger partial charge on any atom is 0.118 e. The Bertz CT molecular complexity index is 1380. The number of aliphatic hydroxyl groups excluding tert-OH is 2. The van der Waals surface area contributed by atoms with Gasteiger partial charge in [0, 0.05) is 0 Å². The van der Waals surface area contributed by atoms with E-state index in [-0.39, 0.29) is 26.4 Å². The molecule has 0 unspecified atom stereocenters. The van der Waals surface area contributed by atoms with Crippen LogP contribution in [0, 0.1) is 0 Å². The first-order chi connectivity index (χ1) is 21.6. The molecule has 0 heterocycles. The molecular formula is C36H40O8. The molecule has 6 atom stereocenters. The van der Waals surface area contributed by atoms with Crippen LogP contribution in [-0.4, -0.2) is 61.1 Å². The highest BCUT2D eigenvalue weighted by Gasteiger charge is 2.52. The van der Waals surface area contributed by atoms with Crippen LogP contribution in [0.4, 0.5) is 0 Å². The monoisotopic (exact) mass is 600 g/mol. The van der Waals surface area contributed by atoms with Gasteiger partial charge in [-0.1, -0.05) is 84.9 Å². The van der Waals surface area contributed by atoms with Crippen LogP contribution in [0.2, 0.25) is 0 Å². The second kappa shape index (κ2) is 15.8. The summed E-state index contributed by atoms with van der Waals surface area (Å²) in [6.45, 7) is 0.883. The number of benzene rings is 4. The molecule has 2 N–H and O–H groups in total. The van der Waals surface area contributed by atoms with Crippen molar-refractivity contribution in [2.24, 2.45) is 0 Å². The summed E-state index contributed by atoms with van der Waals surface area (Å²) in [7, 11) is 3.23. The van der Waals surface area contributed by atoms with E-state index in [1.807, 2.05) is 109 Å². The molecule has 0 bridgehead atoms. The molecule has 232 valence electrons. The smallest absolute Gasteiger partial charge is 0.118 e. The Morgan fingerprint density at radius 2 is 0.705 bits per heavy atom. The summed E-state index contributed by atoms with van der Waals surface area (Å²) in [5, 5.41) is 22.9. The van der Waals surface area contributed by atoms with Crippen molar-refractivity contribution in [2.45, 2.75) is 63.1 Å². The Morgan fingerprint density at radius 3 is 1.02 bits per heavy atom. The van der Waals surface area contributed by atoms with Crippen LogP contribution < -0.4 is 9.47 Å². The van der Waals surface area contributed by atoms with Gasteiger partial charge in [0.05, 0.1) is 40.6 Å². The zero-order valence-corrected chi connectivity index (χ0v) is 25.0. The number of hydrogen-bond donors (Lipinski definition) is 2. The van der Waals surface area contributed by atoms with Crippen molar-refractivity contribution in [3.8, 4) is 11.5 Å². The van der Waals surface area contributed by atoms with Crippen LogP contribution in [0.5, 0.6) is 11.5 Å². The third-order valence-corrected chi connectivity index (χ3v) is 7.77. The van der Waals surface area contributed by atoms with E-state index in [9.17, 15) is 10.2 Å². The number of hydrogen-bond acceptors (Lipinski definition) is 8. The first kappa shape index (κ1) is 31.7. The fourth-order valence-corrected chi connectivity index (χ4v) is 5.28. The van der Waals surface area contributed by atoms with E-state index in [2.05, 4.69) is 0 Å². The molecule has 4 aromatic carbocycles. The SMILES string of the molecule is COc1ccc(CO[C@H]2[C@H](OCc3ccccc3)[C@@H](OCc3ccc(OC)cc3)[C@@H](O)[C@@H](O)[C@@H]2OCc2ccccc2)cc1. The summed E-state index contributed by atoms with van der Waals surface area (Å²) in [6, 6.07) is 34.5. The number of methoxy groups -OCH3 is 2. The van der Waals surface area contributed by atoms with Gasteiger partial charge in [0.15, 0.2) is 0 Å². The lowest BCUT2D eigenvalue weighted by atomic mass is 9.84. The van der Waals surface area contributed by atoms with E-state index in [1.54, 1.807) is 14.2 Å². The zero-order chi connectivity index (χ0) is 30.7. The first-order valence-corrected chi connectivity index (χ1v) is 14.7. The molecule has 8 heteroatoms.